The third kappa shape index (κ3) is 3.98. The van der Waals surface area contributed by atoms with Gasteiger partial charge in [-0.2, -0.15) is 0 Å². The number of carbonyl (C=O) groups excluding carboxylic acids is 1. The summed E-state index contributed by atoms with van der Waals surface area (Å²) in [6.07, 6.45) is 0. The van der Waals surface area contributed by atoms with Gasteiger partial charge in [0.05, 0.1) is 0 Å². The van der Waals surface area contributed by atoms with E-state index >= 15 is 0 Å². The van der Waals surface area contributed by atoms with Crippen molar-refractivity contribution in [2.24, 2.45) is 0 Å². The Balaban J connectivity index is 3.10. The van der Waals surface area contributed by atoms with Gasteiger partial charge in [0.1, 0.15) is 0 Å². The van der Waals surface area contributed by atoms with Crippen LogP contribution in [0, 0.1) is 5.82 Å². The van der Waals surface area contributed by atoms with E-state index in [1.807, 2.05) is 19.1 Å². The second-order valence-electron chi connectivity index (χ2n) is 5.41. The molecule has 0 aliphatic carbocycles. The number of nitrogens with one attached hydrogen (secondary N) is 1. The normalized spacial score (nSPS) is 13.3. The van der Waals surface area contributed by atoms with E-state index in [-0.39, 0.29) is 17.8 Å². The molecule has 1 unspecified atom stereocenters. The van der Waals surface area contributed by atoms with E-state index in [0.717, 1.165) is 0 Å². The summed E-state index contributed by atoms with van der Waals surface area (Å²) in [6, 6.07) is 5.05. The van der Waals surface area contributed by atoms with E-state index in [4.69, 9.17) is 0 Å². The van der Waals surface area contributed by atoms with Crippen LogP contribution >= 0.6 is 0 Å². The zero-order chi connectivity index (χ0) is 13.2. The summed E-state index contributed by atoms with van der Waals surface area (Å²) in [4.78, 5) is 17.9. The van der Waals surface area contributed by atoms with Crippen LogP contribution in [0.2, 0.25) is 14.8 Å². The van der Waals surface area contributed by atoms with Gasteiger partial charge in [0.15, 0.2) is 0 Å². The summed E-state index contributed by atoms with van der Waals surface area (Å²) in [6.45, 7) is 3.25. The van der Waals surface area contributed by atoms with E-state index in [1.165, 1.54) is 16.6 Å². The second kappa shape index (κ2) is 5.38. The topological polar surface area (TPSA) is 29.1 Å². The van der Waals surface area contributed by atoms with Crippen molar-refractivity contribution in [2.45, 2.75) is 34.7 Å². The number of benzene rings is 1. The maximum atomic E-state index is 13.7. The van der Waals surface area contributed by atoms with Crippen LogP contribution in [0.1, 0.15) is 25.5 Å². The summed E-state index contributed by atoms with van der Waals surface area (Å²) < 4.78 is 15.0. The van der Waals surface area contributed by atoms with Crippen molar-refractivity contribution in [1.82, 2.24) is 5.32 Å². The predicted molar refractivity (Wildman–Crippen MR) is 71.6 cm³/mol. The number of hydrogen-bond donors (Lipinski definition) is 1. The summed E-state index contributed by atoms with van der Waals surface area (Å²) in [5.74, 6) is -0.382. The summed E-state index contributed by atoms with van der Waals surface area (Å²) in [7, 11) is 0. The van der Waals surface area contributed by atoms with Crippen molar-refractivity contribution in [3.05, 3.63) is 29.6 Å². The maximum absolute atomic E-state index is 13.7. The quantitative estimate of drug-likeness (QED) is 0.840. The first-order valence-electron chi connectivity index (χ1n) is 5.79. The molecule has 0 aliphatic heterocycles. The van der Waals surface area contributed by atoms with E-state index in [1.54, 1.807) is 0 Å². The average molecular weight is 344 g/mol. The Labute approximate surface area is 106 Å². The molecule has 0 saturated heterocycles. The number of amides is 1. The van der Waals surface area contributed by atoms with Gasteiger partial charge in [0.2, 0.25) is 0 Å². The van der Waals surface area contributed by atoms with E-state index < -0.39 is 18.4 Å². The van der Waals surface area contributed by atoms with Crippen molar-refractivity contribution in [3.8, 4) is 0 Å². The molecule has 1 atom stereocenters. The summed E-state index contributed by atoms with van der Waals surface area (Å²) in [5, 5.41) is 2.72. The van der Waals surface area contributed by atoms with E-state index in [9.17, 15) is 9.18 Å². The van der Waals surface area contributed by atoms with Crippen LogP contribution < -0.4 is 8.90 Å². The van der Waals surface area contributed by atoms with Gasteiger partial charge in [0, 0.05) is 0 Å². The molecule has 0 saturated carbocycles. The molecule has 1 aromatic rings. The number of carbonyl (C=O) groups is 1. The average Bonchev–Trinajstić information content (AvgIpc) is 2.15. The standard InChI is InChI=1S/C10H11FNO.3CH3.Sn/c1-7(12-8(2)13)9-5-3-4-6-10(9)11;;;;/h4-7H,1-2H3,(H,12,13);3*1H3;. The van der Waals surface area contributed by atoms with Gasteiger partial charge in [-0.1, -0.05) is 0 Å². The second-order valence-corrected chi connectivity index (χ2v) is 19.9. The zero-order valence-corrected chi connectivity index (χ0v) is 13.9. The molecule has 2 nitrogen and oxygen atoms in total. The van der Waals surface area contributed by atoms with Crippen LogP contribution in [0.25, 0.3) is 0 Å². The summed E-state index contributed by atoms with van der Waals surface area (Å²) in [5.41, 5.74) is 0.587. The molecule has 4 heteroatoms. The molecule has 0 aromatic heterocycles. The first-order valence-corrected chi connectivity index (χ1v) is 15.8. The molecule has 0 spiro atoms. The monoisotopic (exact) mass is 345 g/mol. The van der Waals surface area contributed by atoms with E-state index in [0.29, 0.717) is 5.56 Å². The Morgan fingerprint density at radius 2 is 1.94 bits per heavy atom. The van der Waals surface area contributed by atoms with Crippen LogP contribution in [0.5, 0.6) is 0 Å². The molecule has 1 N–H and O–H groups in total. The van der Waals surface area contributed by atoms with Gasteiger partial charge in [-0.15, -0.1) is 0 Å². The third-order valence-corrected chi connectivity index (χ3v) is 8.58. The molecule has 0 bridgehead atoms. The third-order valence-electron chi connectivity index (χ3n) is 2.75. The molecular formula is C13H20FNOSn. The van der Waals surface area contributed by atoms with E-state index in [2.05, 4.69) is 20.1 Å². The molecule has 1 aromatic carbocycles. The first-order chi connectivity index (χ1) is 7.71. The van der Waals surface area contributed by atoms with Gasteiger partial charge in [-0.25, -0.2) is 0 Å². The molecule has 1 amide bonds. The minimum absolute atomic E-state index is 0.137. The van der Waals surface area contributed by atoms with Crippen LogP contribution in [0.4, 0.5) is 4.39 Å². The van der Waals surface area contributed by atoms with Crippen LogP contribution in [-0.4, -0.2) is 24.3 Å². The molecule has 94 valence electrons. The summed E-state index contributed by atoms with van der Waals surface area (Å²) >= 11 is -2.18. The van der Waals surface area contributed by atoms with Crippen molar-refractivity contribution >= 4 is 27.9 Å². The Kier molecular flexibility index (Phi) is 4.58. The van der Waals surface area contributed by atoms with Crippen LogP contribution in [0.15, 0.2) is 18.2 Å². The van der Waals surface area contributed by atoms with Crippen molar-refractivity contribution < 1.29 is 9.18 Å². The van der Waals surface area contributed by atoms with Gasteiger partial charge >= 0.3 is 107 Å². The van der Waals surface area contributed by atoms with Gasteiger partial charge in [-0.05, 0) is 0 Å². The Hall–Kier alpha value is -0.581. The first kappa shape index (κ1) is 14.5. The fraction of sp³-hybridized carbons (Fsp3) is 0.462. The molecular weight excluding hydrogens is 324 g/mol. The van der Waals surface area contributed by atoms with Crippen molar-refractivity contribution in [2.75, 3.05) is 0 Å². The fourth-order valence-electron chi connectivity index (χ4n) is 1.72. The molecule has 17 heavy (non-hydrogen) atoms. The van der Waals surface area contributed by atoms with Gasteiger partial charge in [0.25, 0.3) is 0 Å². The van der Waals surface area contributed by atoms with Crippen molar-refractivity contribution in [1.29, 1.82) is 0 Å². The number of halogens is 1. The Morgan fingerprint density at radius 1 is 1.35 bits per heavy atom. The molecule has 1 rings (SSSR count). The SMILES string of the molecule is CC(=O)NC(C)c1c[c]([Sn]([CH3])([CH3])[CH3])ccc1F. The molecule has 0 heterocycles. The fourth-order valence-corrected chi connectivity index (χ4v) is 5.07. The number of rotatable bonds is 3. The Morgan fingerprint density at radius 3 is 2.41 bits per heavy atom. The van der Waals surface area contributed by atoms with Crippen LogP contribution in [0.3, 0.4) is 0 Å². The van der Waals surface area contributed by atoms with Gasteiger partial charge < -0.3 is 0 Å². The molecule has 0 fully saturated rings. The Bertz CT molecular complexity index is 426. The van der Waals surface area contributed by atoms with Crippen molar-refractivity contribution in [3.63, 3.8) is 0 Å². The predicted octanol–water partition coefficient (Wildman–Crippen LogP) is 2.57. The molecule has 0 radical (unpaired) electrons. The zero-order valence-electron chi connectivity index (χ0n) is 11.1. The van der Waals surface area contributed by atoms with Gasteiger partial charge in [-0.3, -0.25) is 0 Å². The van der Waals surface area contributed by atoms with Crippen LogP contribution in [-0.2, 0) is 4.79 Å². The molecule has 0 aliphatic rings. The number of hydrogen-bond acceptors (Lipinski definition) is 1. The minimum atomic E-state index is -2.18.